The van der Waals surface area contributed by atoms with Gasteiger partial charge in [-0.2, -0.15) is 0 Å². The van der Waals surface area contributed by atoms with Crippen LogP contribution in [0.15, 0.2) is 0 Å². The third-order valence-corrected chi connectivity index (χ3v) is 4.89. The van der Waals surface area contributed by atoms with Gasteiger partial charge in [0.15, 0.2) is 0 Å². The van der Waals surface area contributed by atoms with Gasteiger partial charge in [0.05, 0.1) is 0 Å². The lowest BCUT2D eigenvalue weighted by Crippen LogP contribution is -2.42. The summed E-state index contributed by atoms with van der Waals surface area (Å²) in [6.45, 7) is 4.05. The maximum Gasteiger partial charge on any atom is 0.00793 e. The highest BCUT2D eigenvalue weighted by atomic mass is 15.1. The van der Waals surface area contributed by atoms with Crippen LogP contribution >= 0.6 is 0 Å². The summed E-state index contributed by atoms with van der Waals surface area (Å²) in [5.41, 5.74) is 6.29. The van der Waals surface area contributed by atoms with Crippen molar-refractivity contribution in [3.63, 3.8) is 0 Å². The average molecular weight is 236 g/mol. The first-order valence-corrected chi connectivity index (χ1v) is 7.79. The lowest BCUT2D eigenvalue weighted by atomic mass is 9.84. The van der Waals surface area contributed by atoms with Crippen molar-refractivity contribution >= 4 is 0 Å². The Morgan fingerprint density at radius 2 is 1.35 bits per heavy atom. The summed E-state index contributed by atoms with van der Waals surface area (Å²) in [4.78, 5) is 2.77. The Labute approximate surface area is 106 Å². The van der Waals surface area contributed by atoms with Gasteiger partial charge in [-0.1, -0.05) is 12.8 Å². The number of nitrogens with zero attached hydrogens (tertiary/aromatic N) is 1. The molecule has 2 unspecified atom stereocenters. The quantitative estimate of drug-likeness (QED) is 0.768. The Kier molecular flexibility index (Phi) is 3.72. The second-order valence-corrected chi connectivity index (χ2v) is 6.81. The van der Waals surface area contributed by atoms with Crippen LogP contribution in [0.4, 0.5) is 0 Å². The fourth-order valence-corrected chi connectivity index (χ4v) is 3.35. The molecule has 2 heteroatoms. The second-order valence-electron chi connectivity index (χ2n) is 6.81. The molecule has 0 saturated heterocycles. The van der Waals surface area contributed by atoms with Crippen LogP contribution in [0.2, 0.25) is 0 Å². The Bertz CT molecular complexity index is 231. The molecule has 0 bridgehead atoms. The van der Waals surface area contributed by atoms with E-state index in [1.54, 1.807) is 0 Å². The minimum atomic E-state index is 0.490. The van der Waals surface area contributed by atoms with E-state index in [1.807, 2.05) is 0 Å². The first-order valence-electron chi connectivity index (χ1n) is 7.79. The van der Waals surface area contributed by atoms with Crippen LogP contribution in [0.5, 0.6) is 0 Å². The summed E-state index contributed by atoms with van der Waals surface area (Å²) in [6, 6.07) is 0.490. The largest absolute Gasteiger partial charge is 0.327 e. The highest BCUT2D eigenvalue weighted by molar-refractivity contribution is 4.86. The summed E-state index contributed by atoms with van der Waals surface area (Å²) in [5.74, 6) is 2.86. The standard InChI is InChI=1S/C15H28N2/c16-15-4-2-1-3-14(15)11-17(9-12-5-6-12)10-13-7-8-13/h12-15H,1-11,16H2. The predicted octanol–water partition coefficient (Wildman–Crippen LogP) is 2.63. The third-order valence-electron chi connectivity index (χ3n) is 4.89. The summed E-state index contributed by atoms with van der Waals surface area (Å²) in [7, 11) is 0. The first kappa shape index (κ1) is 12.0. The molecule has 3 rings (SSSR count). The maximum absolute atomic E-state index is 6.29. The van der Waals surface area contributed by atoms with Crippen molar-refractivity contribution in [1.82, 2.24) is 4.90 Å². The van der Waals surface area contributed by atoms with Crippen LogP contribution in [0.1, 0.15) is 51.4 Å². The first-order chi connectivity index (χ1) is 8.31. The lowest BCUT2D eigenvalue weighted by molar-refractivity contribution is 0.173. The van der Waals surface area contributed by atoms with Gasteiger partial charge in [-0.15, -0.1) is 0 Å². The van der Waals surface area contributed by atoms with Crippen LogP contribution in [0, 0.1) is 17.8 Å². The van der Waals surface area contributed by atoms with E-state index in [1.165, 1.54) is 71.0 Å². The highest BCUT2D eigenvalue weighted by Gasteiger charge is 2.31. The third kappa shape index (κ3) is 3.69. The Balaban J connectivity index is 1.49. The maximum atomic E-state index is 6.29. The molecule has 0 amide bonds. The molecule has 3 fully saturated rings. The molecule has 2 N–H and O–H groups in total. The Hall–Kier alpha value is -0.0800. The van der Waals surface area contributed by atoms with Crippen LogP contribution < -0.4 is 5.73 Å². The van der Waals surface area contributed by atoms with Gasteiger partial charge in [-0.05, 0) is 56.3 Å². The van der Waals surface area contributed by atoms with E-state index in [2.05, 4.69) is 4.90 Å². The Morgan fingerprint density at radius 1 is 0.765 bits per heavy atom. The van der Waals surface area contributed by atoms with E-state index in [4.69, 9.17) is 5.73 Å². The number of rotatable bonds is 6. The van der Waals surface area contributed by atoms with E-state index < -0.39 is 0 Å². The summed E-state index contributed by atoms with van der Waals surface area (Å²) >= 11 is 0. The topological polar surface area (TPSA) is 29.3 Å². The van der Waals surface area contributed by atoms with Crippen LogP contribution in [-0.2, 0) is 0 Å². The smallest absolute Gasteiger partial charge is 0.00793 e. The number of nitrogens with two attached hydrogens (primary N) is 1. The van der Waals surface area contributed by atoms with Crippen molar-refractivity contribution in [2.45, 2.75) is 57.4 Å². The summed E-state index contributed by atoms with van der Waals surface area (Å²) in [5, 5.41) is 0. The molecule has 2 atom stereocenters. The van der Waals surface area contributed by atoms with Crippen LogP contribution in [0.3, 0.4) is 0 Å². The monoisotopic (exact) mass is 236 g/mol. The van der Waals surface area contributed by atoms with Crippen molar-refractivity contribution in [3.05, 3.63) is 0 Å². The summed E-state index contributed by atoms with van der Waals surface area (Å²) in [6.07, 6.45) is 11.4. The SMILES string of the molecule is NC1CCCCC1CN(CC1CC1)CC1CC1. The van der Waals surface area contributed by atoms with E-state index >= 15 is 0 Å². The van der Waals surface area contributed by atoms with Crippen LogP contribution in [0.25, 0.3) is 0 Å². The molecule has 0 heterocycles. The lowest BCUT2D eigenvalue weighted by Gasteiger charge is -2.34. The normalized spacial score (nSPS) is 34.2. The van der Waals surface area contributed by atoms with Gasteiger partial charge in [0.1, 0.15) is 0 Å². The zero-order chi connectivity index (χ0) is 11.7. The fourth-order valence-electron chi connectivity index (χ4n) is 3.35. The second kappa shape index (κ2) is 5.27. The van der Waals surface area contributed by atoms with E-state index in [-0.39, 0.29) is 0 Å². The van der Waals surface area contributed by atoms with E-state index in [0.29, 0.717) is 6.04 Å². The number of hydrogen-bond donors (Lipinski definition) is 1. The van der Waals surface area contributed by atoms with Gasteiger partial charge in [0.25, 0.3) is 0 Å². The molecule has 0 radical (unpaired) electrons. The van der Waals surface area contributed by atoms with Gasteiger partial charge in [0.2, 0.25) is 0 Å². The Morgan fingerprint density at radius 3 is 1.88 bits per heavy atom. The van der Waals surface area contributed by atoms with Crippen molar-refractivity contribution in [2.75, 3.05) is 19.6 Å². The molecule has 2 nitrogen and oxygen atoms in total. The highest BCUT2D eigenvalue weighted by Crippen LogP contribution is 2.35. The molecule has 3 saturated carbocycles. The van der Waals surface area contributed by atoms with Gasteiger partial charge in [-0.25, -0.2) is 0 Å². The summed E-state index contributed by atoms with van der Waals surface area (Å²) < 4.78 is 0. The van der Waals surface area contributed by atoms with Crippen LogP contribution in [-0.4, -0.2) is 30.6 Å². The zero-order valence-electron chi connectivity index (χ0n) is 11.1. The molecular formula is C15H28N2. The van der Waals surface area contributed by atoms with Crippen molar-refractivity contribution < 1.29 is 0 Å². The minimum Gasteiger partial charge on any atom is -0.327 e. The minimum absolute atomic E-state index is 0.490. The molecule has 3 aliphatic rings. The van der Waals surface area contributed by atoms with Gasteiger partial charge in [-0.3, -0.25) is 0 Å². The molecule has 0 aromatic rings. The number of hydrogen-bond acceptors (Lipinski definition) is 2. The average Bonchev–Trinajstić information content (AvgIpc) is 3.17. The molecule has 17 heavy (non-hydrogen) atoms. The molecular weight excluding hydrogens is 208 g/mol. The molecule has 0 aromatic heterocycles. The van der Waals surface area contributed by atoms with Gasteiger partial charge in [0, 0.05) is 25.7 Å². The predicted molar refractivity (Wildman–Crippen MR) is 71.8 cm³/mol. The van der Waals surface area contributed by atoms with Gasteiger partial charge < -0.3 is 10.6 Å². The van der Waals surface area contributed by atoms with E-state index in [0.717, 1.165) is 17.8 Å². The molecule has 0 spiro atoms. The van der Waals surface area contributed by atoms with Crippen molar-refractivity contribution in [1.29, 1.82) is 0 Å². The van der Waals surface area contributed by atoms with Crippen molar-refractivity contribution in [2.24, 2.45) is 23.5 Å². The molecule has 0 aromatic carbocycles. The fraction of sp³-hybridized carbons (Fsp3) is 1.00. The zero-order valence-corrected chi connectivity index (χ0v) is 11.1. The molecule has 0 aliphatic heterocycles. The van der Waals surface area contributed by atoms with Gasteiger partial charge >= 0.3 is 0 Å². The van der Waals surface area contributed by atoms with E-state index in [9.17, 15) is 0 Å². The molecule has 98 valence electrons. The van der Waals surface area contributed by atoms with Crippen molar-refractivity contribution in [3.8, 4) is 0 Å². The molecule has 3 aliphatic carbocycles.